The van der Waals surface area contributed by atoms with Gasteiger partial charge < -0.3 is 20.3 Å². The monoisotopic (exact) mass is 409 g/mol. The van der Waals surface area contributed by atoms with Crippen molar-refractivity contribution in [1.29, 1.82) is 0 Å². The van der Waals surface area contributed by atoms with Gasteiger partial charge in [-0.3, -0.25) is 9.59 Å². The lowest BCUT2D eigenvalue weighted by Crippen LogP contribution is -2.47. The molecule has 2 amide bonds. The van der Waals surface area contributed by atoms with Crippen molar-refractivity contribution in [1.82, 2.24) is 5.32 Å². The van der Waals surface area contributed by atoms with Crippen molar-refractivity contribution in [2.45, 2.75) is 33.2 Å². The van der Waals surface area contributed by atoms with E-state index in [0.29, 0.717) is 17.2 Å². The van der Waals surface area contributed by atoms with Crippen molar-refractivity contribution in [3.63, 3.8) is 0 Å². The average molecular weight is 410 g/mol. The average Bonchev–Trinajstić information content (AvgIpc) is 3.18. The third-order valence-electron chi connectivity index (χ3n) is 5.51. The van der Waals surface area contributed by atoms with E-state index in [1.807, 2.05) is 38.1 Å². The zero-order valence-electron chi connectivity index (χ0n) is 18.1. The van der Waals surface area contributed by atoms with Crippen LogP contribution in [-0.4, -0.2) is 38.1 Å². The molecule has 2 aromatic carbocycles. The Morgan fingerprint density at radius 2 is 1.73 bits per heavy atom. The Kier molecular flexibility index (Phi) is 6.98. The normalized spacial score (nSPS) is 17.0. The molecule has 1 fully saturated rings. The molecule has 160 valence electrons. The number of methoxy groups -OCH3 is 1. The van der Waals surface area contributed by atoms with Crippen LogP contribution in [0.15, 0.2) is 48.5 Å². The Bertz CT molecular complexity index is 862. The predicted octanol–water partition coefficient (Wildman–Crippen LogP) is 3.93. The molecule has 0 radical (unpaired) electrons. The molecule has 2 atom stereocenters. The van der Waals surface area contributed by atoms with Crippen LogP contribution in [0.3, 0.4) is 0 Å². The predicted molar refractivity (Wildman–Crippen MR) is 120 cm³/mol. The van der Waals surface area contributed by atoms with Crippen LogP contribution in [0.2, 0.25) is 0 Å². The van der Waals surface area contributed by atoms with Gasteiger partial charge in [0.1, 0.15) is 11.8 Å². The fourth-order valence-corrected chi connectivity index (χ4v) is 3.65. The molecule has 1 heterocycles. The first-order valence-electron chi connectivity index (χ1n) is 10.5. The first-order chi connectivity index (χ1) is 14.4. The van der Waals surface area contributed by atoms with E-state index in [0.717, 1.165) is 18.8 Å². The molecule has 1 saturated heterocycles. The van der Waals surface area contributed by atoms with Crippen LogP contribution >= 0.6 is 0 Å². The molecular weight excluding hydrogens is 378 g/mol. The van der Waals surface area contributed by atoms with Gasteiger partial charge in [0, 0.05) is 30.0 Å². The van der Waals surface area contributed by atoms with E-state index in [9.17, 15) is 9.59 Å². The van der Waals surface area contributed by atoms with Gasteiger partial charge in [0.2, 0.25) is 5.91 Å². The highest BCUT2D eigenvalue weighted by atomic mass is 16.5. The topological polar surface area (TPSA) is 70.7 Å². The van der Waals surface area contributed by atoms with Crippen LogP contribution < -0.4 is 20.3 Å². The van der Waals surface area contributed by atoms with Gasteiger partial charge in [-0.05, 0) is 66.8 Å². The van der Waals surface area contributed by atoms with E-state index >= 15 is 0 Å². The number of carbonyl (C=O) groups excluding carboxylic acids is 2. The second-order valence-electron chi connectivity index (χ2n) is 8.30. The summed E-state index contributed by atoms with van der Waals surface area (Å²) in [6.45, 7) is 8.23. The molecule has 0 aromatic heterocycles. The quantitative estimate of drug-likeness (QED) is 0.727. The number of anilines is 2. The van der Waals surface area contributed by atoms with E-state index in [2.05, 4.69) is 22.5 Å². The van der Waals surface area contributed by atoms with Crippen molar-refractivity contribution in [2.75, 3.05) is 30.4 Å². The summed E-state index contributed by atoms with van der Waals surface area (Å²) in [5, 5.41) is 5.78. The van der Waals surface area contributed by atoms with E-state index < -0.39 is 6.04 Å². The van der Waals surface area contributed by atoms with Gasteiger partial charge in [0.25, 0.3) is 5.91 Å². The fraction of sp³-hybridized carbons (Fsp3) is 0.417. The minimum Gasteiger partial charge on any atom is -0.497 e. The number of benzene rings is 2. The molecule has 1 aliphatic heterocycles. The van der Waals surface area contributed by atoms with Crippen molar-refractivity contribution >= 4 is 23.2 Å². The van der Waals surface area contributed by atoms with E-state index in [1.54, 1.807) is 31.4 Å². The number of nitrogens with one attached hydrogen (secondary N) is 2. The lowest BCUT2D eigenvalue weighted by Gasteiger charge is -2.22. The summed E-state index contributed by atoms with van der Waals surface area (Å²) in [5.74, 6) is 0.819. The molecule has 2 aromatic rings. The standard InChI is InChI=1S/C24H31N3O3/c1-16(2)22(26-23(28)18-5-11-21(30-4)12-6-18)24(29)25-19-7-9-20(10-8-19)27-14-13-17(3)15-27/h5-12,16-17,22H,13-15H2,1-4H3,(H,25,29)(H,26,28). The third-order valence-corrected chi connectivity index (χ3v) is 5.51. The number of nitrogens with zero attached hydrogens (tertiary/aromatic N) is 1. The third kappa shape index (κ3) is 5.32. The zero-order valence-corrected chi connectivity index (χ0v) is 18.1. The Hall–Kier alpha value is -3.02. The molecule has 1 aliphatic rings. The van der Waals surface area contributed by atoms with Crippen molar-refractivity contribution in [3.8, 4) is 5.75 Å². The first kappa shape index (κ1) is 21.7. The number of hydrogen-bond donors (Lipinski definition) is 2. The minimum atomic E-state index is -0.640. The molecule has 0 aliphatic carbocycles. The van der Waals surface area contributed by atoms with Gasteiger partial charge >= 0.3 is 0 Å². The number of rotatable bonds is 7. The van der Waals surface area contributed by atoms with Crippen LogP contribution in [0.5, 0.6) is 5.75 Å². The summed E-state index contributed by atoms with van der Waals surface area (Å²) in [6.07, 6.45) is 1.21. The Morgan fingerprint density at radius 1 is 1.07 bits per heavy atom. The molecule has 30 heavy (non-hydrogen) atoms. The second kappa shape index (κ2) is 9.65. The summed E-state index contributed by atoms with van der Waals surface area (Å²) in [7, 11) is 1.58. The summed E-state index contributed by atoms with van der Waals surface area (Å²) >= 11 is 0. The number of hydrogen-bond acceptors (Lipinski definition) is 4. The van der Waals surface area contributed by atoms with Gasteiger partial charge in [0.05, 0.1) is 7.11 Å². The maximum Gasteiger partial charge on any atom is 0.251 e. The number of amides is 2. The van der Waals surface area contributed by atoms with E-state index in [4.69, 9.17) is 4.74 Å². The molecule has 0 saturated carbocycles. The molecule has 6 heteroatoms. The SMILES string of the molecule is COc1ccc(C(=O)NC(C(=O)Nc2ccc(N3CCC(C)C3)cc2)C(C)C)cc1. The van der Waals surface area contributed by atoms with Gasteiger partial charge in [-0.15, -0.1) is 0 Å². The molecule has 2 unspecified atom stereocenters. The first-order valence-corrected chi connectivity index (χ1v) is 10.5. The minimum absolute atomic E-state index is 0.0578. The molecule has 3 rings (SSSR count). The highest BCUT2D eigenvalue weighted by Crippen LogP contribution is 2.25. The molecule has 6 nitrogen and oxygen atoms in total. The maximum atomic E-state index is 12.8. The summed E-state index contributed by atoms with van der Waals surface area (Å²) in [5.41, 5.74) is 2.38. The lowest BCUT2D eigenvalue weighted by molar-refractivity contribution is -0.118. The summed E-state index contributed by atoms with van der Waals surface area (Å²) < 4.78 is 5.12. The molecule has 2 N–H and O–H groups in total. The Morgan fingerprint density at radius 3 is 2.27 bits per heavy atom. The van der Waals surface area contributed by atoms with Gasteiger partial charge in [-0.25, -0.2) is 0 Å². The number of carbonyl (C=O) groups is 2. The highest BCUT2D eigenvalue weighted by molar-refractivity contribution is 6.01. The Balaban J connectivity index is 1.62. The van der Waals surface area contributed by atoms with E-state index in [-0.39, 0.29) is 17.7 Å². The van der Waals surface area contributed by atoms with Gasteiger partial charge in [0.15, 0.2) is 0 Å². The van der Waals surface area contributed by atoms with Gasteiger partial charge in [-0.1, -0.05) is 20.8 Å². The highest BCUT2D eigenvalue weighted by Gasteiger charge is 2.25. The van der Waals surface area contributed by atoms with Crippen LogP contribution in [-0.2, 0) is 4.79 Å². The van der Waals surface area contributed by atoms with Crippen molar-refractivity contribution in [2.24, 2.45) is 11.8 Å². The van der Waals surface area contributed by atoms with E-state index in [1.165, 1.54) is 12.1 Å². The largest absolute Gasteiger partial charge is 0.497 e. The number of ether oxygens (including phenoxy) is 1. The maximum absolute atomic E-state index is 12.8. The lowest BCUT2D eigenvalue weighted by atomic mass is 10.0. The summed E-state index contributed by atoms with van der Waals surface area (Å²) in [6, 6.07) is 14.1. The van der Waals surface area contributed by atoms with Crippen LogP contribution in [0.4, 0.5) is 11.4 Å². The van der Waals surface area contributed by atoms with Crippen LogP contribution in [0.25, 0.3) is 0 Å². The fourth-order valence-electron chi connectivity index (χ4n) is 3.65. The smallest absolute Gasteiger partial charge is 0.251 e. The molecule has 0 spiro atoms. The van der Waals surface area contributed by atoms with Crippen LogP contribution in [0, 0.1) is 11.8 Å². The Labute approximate surface area is 178 Å². The molecule has 0 bridgehead atoms. The summed E-state index contributed by atoms with van der Waals surface area (Å²) in [4.78, 5) is 27.8. The van der Waals surface area contributed by atoms with Crippen molar-refractivity contribution in [3.05, 3.63) is 54.1 Å². The van der Waals surface area contributed by atoms with Crippen LogP contribution in [0.1, 0.15) is 37.6 Å². The van der Waals surface area contributed by atoms with Gasteiger partial charge in [-0.2, -0.15) is 0 Å². The van der Waals surface area contributed by atoms with Crippen molar-refractivity contribution < 1.29 is 14.3 Å². The zero-order chi connectivity index (χ0) is 21.7. The molecular formula is C24H31N3O3. The second-order valence-corrected chi connectivity index (χ2v) is 8.30.